The lowest BCUT2D eigenvalue weighted by Gasteiger charge is -2.02. The molecule has 0 saturated carbocycles. The smallest absolute Gasteiger partial charge is 0.292 e. The van der Waals surface area contributed by atoms with Gasteiger partial charge in [0.15, 0.2) is 0 Å². The van der Waals surface area contributed by atoms with Gasteiger partial charge in [-0.05, 0) is 18.1 Å². The van der Waals surface area contributed by atoms with Crippen molar-refractivity contribution in [2.45, 2.75) is 19.9 Å². The van der Waals surface area contributed by atoms with Gasteiger partial charge in [-0.2, -0.15) is 0 Å². The molecule has 0 aromatic heterocycles. The SMILES string of the molecule is CCc1ccc(O)c(CN)c1.COC=O. The maximum atomic E-state index is 9.25. The Kier molecular flexibility index (Phi) is 7.01. The van der Waals surface area contributed by atoms with Crippen LogP contribution >= 0.6 is 0 Å². The molecule has 4 nitrogen and oxygen atoms in total. The lowest BCUT2D eigenvalue weighted by atomic mass is 10.1. The molecule has 0 saturated heterocycles. The van der Waals surface area contributed by atoms with E-state index in [4.69, 9.17) is 10.5 Å². The van der Waals surface area contributed by atoms with E-state index in [2.05, 4.69) is 11.7 Å². The van der Waals surface area contributed by atoms with Crippen molar-refractivity contribution in [1.29, 1.82) is 0 Å². The zero-order valence-corrected chi connectivity index (χ0v) is 9.06. The molecule has 0 aliphatic rings. The number of methoxy groups -OCH3 is 1. The molecule has 0 unspecified atom stereocenters. The average molecular weight is 211 g/mol. The Morgan fingerprint density at radius 2 is 2.13 bits per heavy atom. The molecule has 84 valence electrons. The highest BCUT2D eigenvalue weighted by atomic mass is 16.5. The van der Waals surface area contributed by atoms with Gasteiger partial charge in [0.25, 0.3) is 6.47 Å². The fourth-order valence-electron chi connectivity index (χ4n) is 1.02. The fourth-order valence-corrected chi connectivity index (χ4v) is 1.02. The van der Waals surface area contributed by atoms with Crippen LogP contribution in [0.4, 0.5) is 0 Å². The van der Waals surface area contributed by atoms with E-state index in [9.17, 15) is 5.11 Å². The molecule has 1 aromatic rings. The van der Waals surface area contributed by atoms with Crippen molar-refractivity contribution in [2.24, 2.45) is 5.73 Å². The highest BCUT2D eigenvalue weighted by Crippen LogP contribution is 2.17. The van der Waals surface area contributed by atoms with Crippen LogP contribution in [0.2, 0.25) is 0 Å². The van der Waals surface area contributed by atoms with E-state index in [0.29, 0.717) is 18.8 Å². The van der Waals surface area contributed by atoms with E-state index < -0.39 is 0 Å². The monoisotopic (exact) mass is 211 g/mol. The number of aryl methyl sites for hydroxylation is 1. The van der Waals surface area contributed by atoms with Gasteiger partial charge in [0.2, 0.25) is 0 Å². The van der Waals surface area contributed by atoms with Crippen LogP contribution in [0.15, 0.2) is 18.2 Å². The van der Waals surface area contributed by atoms with Gasteiger partial charge in [0, 0.05) is 12.1 Å². The summed E-state index contributed by atoms with van der Waals surface area (Å²) >= 11 is 0. The van der Waals surface area contributed by atoms with Crippen molar-refractivity contribution in [1.82, 2.24) is 0 Å². The first-order valence-corrected chi connectivity index (χ1v) is 4.66. The summed E-state index contributed by atoms with van der Waals surface area (Å²) in [6.07, 6.45) is 0.979. The van der Waals surface area contributed by atoms with Gasteiger partial charge in [-0.1, -0.05) is 19.1 Å². The molecule has 3 N–H and O–H groups in total. The van der Waals surface area contributed by atoms with Crippen LogP contribution in [-0.2, 0) is 22.5 Å². The second-order valence-corrected chi connectivity index (χ2v) is 2.85. The van der Waals surface area contributed by atoms with Crippen molar-refractivity contribution >= 4 is 6.47 Å². The minimum atomic E-state index is 0.296. The number of phenols is 1. The molecule has 1 rings (SSSR count). The molecule has 1 aromatic carbocycles. The Hall–Kier alpha value is -1.55. The molecule has 0 amide bonds. The van der Waals surface area contributed by atoms with E-state index in [1.165, 1.54) is 12.7 Å². The number of nitrogens with two attached hydrogens (primary N) is 1. The number of ether oxygens (including phenoxy) is 1. The van der Waals surface area contributed by atoms with E-state index in [-0.39, 0.29) is 0 Å². The Morgan fingerprint density at radius 3 is 2.53 bits per heavy atom. The topological polar surface area (TPSA) is 72.6 Å². The van der Waals surface area contributed by atoms with Gasteiger partial charge in [0.05, 0.1) is 7.11 Å². The van der Waals surface area contributed by atoms with E-state index in [1.807, 2.05) is 12.1 Å². The van der Waals surface area contributed by atoms with Crippen molar-refractivity contribution in [3.8, 4) is 5.75 Å². The van der Waals surface area contributed by atoms with Crippen molar-refractivity contribution in [3.05, 3.63) is 29.3 Å². The van der Waals surface area contributed by atoms with Gasteiger partial charge in [0.1, 0.15) is 5.75 Å². The summed E-state index contributed by atoms with van der Waals surface area (Å²) in [4.78, 5) is 8.95. The number of hydrogen-bond donors (Lipinski definition) is 2. The third-order valence-electron chi connectivity index (χ3n) is 1.87. The minimum absolute atomic E-state index is 0.296. The molecule has 0 aliphatic heterocycles. The summed E-state index contributed by atoms with van der Waals surface area (Å²) in [7, 11) is 1.31. The maximum absolute atomic E-state index is 9.25. The maximum Gasteiger partial charge on any atom is 0.292 e. The number of phenolic OH excluding ortho intramolecular Hbond substituents is 1. The van der Waals surface area contributed by atoms with Crippen LogP contribution in [0, 0.1) is 0 Å². The van der Waals surface area contributed by atoms with Crippen LogP contribution in [0.25, 0.3) is 0 Å². The third-order valence-corrected chi connectivity index (χ3v) is 1.87. The van der Waals surface area contributed by atoms with Crippen molar-refractivity contribution < 1.29 is 14.6 Å². The molecule has 0 spiro atoms. The number of aromatic hydroxyl groups is 1. The Bertz CT molecular complexity index is 300. The normalized spacial score (nSPS) is 8.73. The highest BCUT2D eigenvalue weighted by Gasteiger charge is 1.98. The van der Waals surface area contributed by atoms with Gasteiger partial charge >= 0.3 is 0 Å². The van der Waals surface area contributed by atoms with Gasteiger partial charge in [-0.25, -0.2) is 0 Å². The standard InChI is InChI=1S/C9H13NO.C2H4O2/c1-2-7-3-4-9(11)8(5-7)6-10;1-4-2-3/h3-5,11H,2,6,10H2,1H3;2H,1H3. The Labute approximate surface area is 89.7 Å². The van der Waals surface area contributed by atoms with Crippen LogP contribution in [0.5, 0.6) is 5.75 Å². The molecule has 0 fully saturated rings. The average Bonchev–Trinajstić information content (AvgIpc) is 2.30. The molecular formula is C11H17NO3. The summed E-state index contributed by atoms with van der Waals surface area (Å²) in [6, 6.07) is 5.55. The van der Waals surface area contributed by atoms with Gasteiger partial charge in [-0.3, -0.25) is 4.79 Å². The zero-order chi connectivity index (χ0) is 11.7. The van der Waals surface area contributed by atoms with E-state index >= 15 is 0 Å². The molecule has 15 heavy (non-hydrogen) atoms. The number of benzene rings is 1. The number of rotatable bonds is 3. The molecule has 0 aliphatic carbocycles. The first kappa shape index (κ1) is 13.4. The minimum Gasteiger partial charge on any atom is -0.508 e. The first-order valence-electron chi connectivity index (χ1n) is 4.66. The summed E-state index contributed by atoms with van der Waals surface area (Å²) in [5.74, 6) is 0.296. The second kappa shape index (κ2) is 7.82. The lowest BCUT2D eigenvalue weighted by Crippen LogP contribution is -1.97. The van der Waals surface area contributed by atoms with Crippen LogP contribution in [0.3, 0.4) is 0 Å². The number of carbonyl (C=O) groups is 1. The quantitative estimate of drug-likeness (QED) is 0.737. The van der Waals surface area contributed by atoms with Crippen molar-refractivity contribution in [3.63, 3.8) is 0 Å². The number of hydrogen-bond acceptors (Lipinski definition) is 4. The Morgan fingerprint density at radius 1 is 1.53 bits per heavy atom. The number of carbonyl (C=O) groups excluding carboxylic acids is 1. The third kappa shape index (κ3) is 5.02. The zero-order valence-electron chi connectivity index (χ0n) is 9.06. The Balaban J connectivity index is 0.000000423. The summed E-state index contributed by atoms with van der Waals surface area (Å²) < 4.78 is 3.86. The molecule has 0 atom stereocenters. The van der Waals surface area contributed by atoms with Crippen LogP contribution in [-0.4, -0.2) is 18.7 Å². The molecule has 0 bridgehead atoms. The van der Waals surface area contributed by atoms with Crippen molar-refractivity contribution in [2.75, 3.05) is 7.11 Å². The lowest BCUT2D eigenvalue weighted by molar-refractivity contribution is -0.126. The molecule has 0 radical (unpaired) electrons. The van der Waals surface area contributed by atoms with Gasteiger partial charge in [-0.15, -0.1) is 0 Å². The highest BCUT2D eigenvalue weighted by molar-refractivity contribution is 5.36. The van der Waals surface area contributed by atoms with Crippen LogP contribution in [0.1, 0.15) is 18.1 Å². The summed E-state index contributed by atoms with van der Waals surface area (Å²) in [6.45, 7) is 2.85. The first-order chi connectivity index (χ1) is 7.19. The largest absolute Gasteiger partial charge is 0.508 e. The fraction of sp³-hybridized carbons (Fsp3) is 0.364. The predicted molar refractivity (Wildman–Crippen MR) is 58.4 cm³/mol. The van der Waals surface area contributed by atoms with E-state index in [0.717, 1.165) is 12.0 Å². The van der Waals surface area contributed by atoms with Gasteiger partial charge < -0.3 is 15.6 Å². The second-order valence-electron chi connectivity index (χ2n) is 2.85. The van der Waals surface area contributed by atoms with E-state index in [1.54, 1.807) is 6.07 Å². The van der Waals surface area contributed by atoms with Crippen LogP contribution < -0.4 is 5.73 Å². The molecular weight excluding hydrogens is 194 g/mol. The molecule has 4 heteroatoms. The summed E-state index contributed by atoms with van der Waals surface area (Å²) in [5, 5.41) is 9.25. The predicted octanol–water partition coefficient (Wildman–Crippen LogP) is 1.20. The summed E-state index contributed by atoms with van der Waals surface area (Å²) in [5.41, 5.74) is 7.45. The molecule has 0 heterocycles.